The van der Waals surface area contributed by atoms with Gasteiger partial charge in [-0.1, -0.05) is 29.8 Å². The lowest BCUT2D eigenvalue weighted by atomic mass is 9.77. The van der Waals surface area contributed by atoms with Gasteiger partial charge in [0.05, 0.1) is 30.2 Å². The Kier molecular flexibility index (Phi) is 2.79. The molecule has 0 spiro atoms. The Morgan fingerprint density at radius 2 is 2.14 bits per heavy atom. The van der Waals surface area contributed by atoms with E-state index < -0.39 is 23.5 Å². The first kappa shape index (κ1) is 13.9. The molecule has 1 aromatic carbocycles. The Balaban J connectivity index is 1.81. The van der Waals surface area contributed by atoms with Crippen LogP contribution in [-0.2, 0) is 14.3 Å². The molecule has 114 valence electrons. The number of carbonyl (C=O) groups excluding carboxylic acids is 2. The van der Waals surface area contributed by atoms with Crippen LogP contribution in [0.25, 0.3) is 0 Å². The second-order valence-corrected chi connectivity index (χ2v) is 6.44. The number of aliphatic hydroxyl groups excluding tert-OH is 1. The van der Waals surface area contributed by atoms with Crippen molar-refractivity contribution < 1.29 is 19.4 Å². The predicted molar refractivity (Wildman–Crippen MR) is 79.5 cm³/mol. The number of fused-ring (bicyclic) bond motifs is 5. The summed E-state index contributed by atoms with van der Waals surface area (Å²) in [6.07, 6.45) is 3.02. The van der Waals surface area contributed by atoms with Crippen LogP contribution >= 0.6 is 11.6 Å². The topological polar surface area (TPSA) is 66.8 Å². The molecule has 0 unspecified atom stereocenters. The minimum absolute atomic E-state index is 0.287. The molecule has 5 nitrogen and oxygen atoms in total. The maximum atomic E-state index is 12.9. The first-order chi connectivity index (χ1) is 10.5. The fourth-order valence-corrected chi connectivity index (χ4v) is 3.91. The third-order valence-electron chi connectivity index (χ3n) is 4.81. The van der Waals surface area contributed by atoms with Gasteiger partial charge in [-0.15, -0.1) is 0 Å². The maximum absolute atomic E-state index is 12.9. The number of imide groups is 1. The van der Waals surface area contributed by atoms with E-state index in [9.17, 15) is 14.7 Å². The third kappa shape index (κ3) is 1.56. The molecule has 0 aliphatic carbocycles. The van der Waals surface area contributed by atoms with Crippen molar-refractivity contribution in [2.45, 2.75) is 18.6 Å². The van der Waals surface area contributed by atoms with E-state index >= 15 is 0 Å². The lowest BCUT2D eigenvalue weighted by molar-refractivity contribution is -0.128. The monoisotopic (exact) mass is 319 g/mol. The summed E-state index contributed by atoms with van der Waals surface area (Å²) in [7, 11) is 0. The van der Waals surface area contributed by atoms with Crippen molar-refractivity contribution in [3.63, 3.8) is 0 Å². The largest absolute Gasteiger partial charge is 0.393 e. The summed E-state index contributed by atoms with van der Waals surface area (Å²) in [5, 5.41) is 10.1. The number of benzene rings is 1. The second kappa shape index (κ2) is 4.41. The molecule has 4 atom stereocenters. The molecule has 1 aromatic rings. The number of aliphatic hydroxyl groups is 1. The van der Waals surface area contributed by atoms with Gasteiger partial charge >= 0.3 is 0 Å². The van der Waals surface area contributed by atoms with Gasteiger partial charge in [0.2, 0.25) is 11.8 Å². The molecule has 0 aromatic heterocycles. The number of ether oxygens (including phenoxy) is 1. The van der Waals surface area contributed by atoms with Crippen molar-refractivity contribution in [2.75, 3.05) is 11.5 Å². The van der Waals surface area contributed by atoms with Gasteiger partial charge < -0.3 is 9.84 Å². The lowest BCUT2D eigenvalue weighted by Gasteiger charge is -2.26. The van der Waals surface area contributed by atoms with E-state index in [-0.39, 0.29) is 18.4 Å². The molecule has 2 amide bonds. The van der Waals surface area contributed by atoms with Crippen molar-refractivity contribution in [3.05, 3.63) is 40.9 Å². The van der Waals surface area contributed by atoms with Gasteiger partial charge in [-0.3, -0.25) is 9.59 Å². The minimum atomic E-state index is -1.07. The van der Waals surface area contributed by atoms with E-state index in [0.717, 1.165) is 5.56 Å². The molecular weight excluding hydrogens is 306 g/mol. The van der Waals surface area contributed by atoms with Crippen molar-refractivity contribution in [1.82, 2.24) is 0 Å². The van der Waals surface area contributed by atoms with E-state index in [0.29, 0.717) is 10.7 Å². The smallest absolute Gasteiger partial charge is 0.241 e. The van der Waals surface area contributed by atoms with Crippen LogP contribution in [0.2, 0.25) is 5.02 Å². The van der Waals surface area contributed by atoms with E-state index in [2.05, 4.69) is 0 Å². The summed E-state index contributed by atoms with van der Waals surface area (Å²) in [6, 6.07) is 5.11. The highest BCUT2D eigenvalue weighted by Gasteiger charge is 2.67. The van der Waals surface area contributed by atoms with Crippen molar-refractivity contribution >= 4 is 29.1 Å². The predicted octanol–water partition coefficient (Wildman–Crippen LogP) is 1.45. The van der Waals surface area contributed by atoms with Crippen molar-refractivity contribution in [1.29, 1.82) is 0 Å². The van der Waals surface area contributed by atoms with Gasteiger partial charge in [-0.05, 0) is 24.6 Å². The summed E-state index contributed by atoms with van der Waals surface area (Å²) in [6.45, 7) is 1.51. The number of halogens is 1. The van der Waals surface area contributed by atoms with Gasteiger partial charge in [0.15, 0.2) is 0 Å². The van der Waals surface area contributed by atoms with Gasteiger partial charge in [0, 0.05) is 5.02 Å². The molecule has 3 aliphatic heterocycles. The van der Waals surface area contributed by atoms with Gasteiger partial charge in [-0.2, -0.15) is 0 Å². The first-order valence-electron chi connectivity index (χ1n) is 7.10. The maximum Gasteiger partial charge on any atom is 0.241 e. The fourth-order valence-electron chi connectivity index (χ4n) is 3.74. The summed E-state index contributed by atoms with van der Waals surface area (Å²) in [4.78, 5) is 26.8. The Labute approximate surface area is 132 Å². The normalized spacial score (nSPS) is 35.6. The first-order valence-corrected chi connectivity index (χ1v) is 7.48. The summed E-state index contributed by atoms with van der Waals surface area (Å²) in [5.41, 5.74) is 0.235. The quantitative estimate of drug-likeness (QED) is 0.662. The molecule has 1 N–H and O–H groups in total. The number of hydrogen-bond donors (Lipinski definition) is 1. The van der Waals surface area contributed by atoms with Gasteiger partial charge in [0.25, 0.3) is 0 Å². The molecule has 6 heteroatoms. The number of amides is 2. The highest BCUT2D eigenvalue weighted by Crippen LogP contribution is 2.52. The summed E-state index contributed by atoms with van der Waals surface area (Å²) >= 11 is 6.01. The van der Waals surface area contributed by atoms with Crippen LogP contribution in [0.1, 0.15) is 5.56 Å². The molecule has 0 saturated carbocycles. The third-order valence-corrected chi connectivity index (χ3v) is 5.05. The minimum Gasteiger partial charge on any atom is -0.393 e. The Hall–Kier alpha value is -1.69. The number of aryl methyl sites for hydroxylation is 1. The zero-order valence-corrected chi connectivity index (χ0v) is 12.6. The molecule has 4 rings (SSSR count). The van der Waals surface area contributed by atoms with Crippen LogP contribution in [0.15, 0.2) is 30.4 Å². The average molecular weight is 320 g/mol. The fraction of sp³-hybridized carbons (Fsp3) is 0.375. The molecule has 3 heterocycles. The lowest BCUT2D eigenvalue weighted by Crippen LogP contribution is -2.43. The van der Waals surface area contributed by atoms with E-state index in [1.165, 1.54) is 4.90 Å². The number of carbonyl (C=O) groups is 2. The van der Waals surface area contributed by atoms with E-state index in [1.807, 2.05) is 6.92 Å². The Bertz CT molecular complexity index is 731. The molecular formula is C16H14ClNO4. The number of anilines is 1. The SMILES string of the molecule is Cc1ccc(Cl)cc1N1C(=O)[C@H]2[C@@H]3C=C[C@](CO)(O3)[C@@H]2C1=O. The van der Waals surface area contributed by atoms with Crippen molar-refractivity contribution in [3.8, 4) is 0 Å². The molecule has 2 saturated heterocycles. The number of rotatable bonds is 2. The highest BCUT2D eigenvalue weighted by molar-refractivity contribution is 6.31. The van der Waals surface area contributed by atoms with Crippen LogP contribution in [0.4, 0.5) is 5.69 Å². The molecule has 22 heavy (non-hydrogen) atoms. The Morgan fingerprint density at radius 3 is 2.86 bits per heavy atom. The van der Waals surface area contributed by atoms with Crippen LogP contribution < -0.4 is 4.90 Å². The number of nitrogens with zero attached hydrogens (tertiary/aromatic N) is 1. The van der Waals surface area contributed by atoms with Gasteiger partial charge in [-0.25, -0.2) is 4.90 Å². The van der Waals surface area contributed by atoms with E-state index in [1.54, 1.807) is 30.4 Å². The van der Waals surface area contributed by atoms with Crippen LogP contribution in [0.5, 0.6) is 0 Å². The van der Waals surface area contributed by atoms with Crippen LogP contribution in [0, 0.1) is 18.8 Å². The summed E-state index contributed by atoms with van der Waals surface area (Å²) in [5.74, 6) is -1.85. The average Bonchev–Trinajstić information content (AvgIpc) is 3.14. The van der Waals surface area contributed by atoms with E-state index in [4.69, 9.17) is 16.3 Å². The zero-order valence-electron chi connectivity index (χ0n) is 11.8. The molecule has 3 aliphatic rings. The van der Waals surface area contributed by atoms with Crippen LogP contribution in [0.3, 0.4) is 0 Å². The zero-order chi connectivity index (χ0) is 15.6. The standard InChI is InChI=1S/C16H14ClNO4/c1-8-2-3-9(17)6-10(8)18-14(20)12-11-4-5-16(7-19,22-11)13(12)15(18)21/h2-6,11-13,19H,7H2,1H3/t11-,12-,13-,16+/m0/s1. The second-order valence-electron chi connectivity index (χ2n) is 6.00. The molecule has 2 fully saturated rings. The summed E-state index contributed by atoms with van der Waals surface area (Å²) < 4.78 is 5.70. The highest BCUT2D eigenvalue weighted by atomic mass is 35.5. The molecule has 0 radical (unpaired) electrons. The molecule has 2 bridgehead atoms. The van der Waals surface area contributed by atoms with Crippen molar-refractivity contribution in [2.24, 2.45) is 11.8 Å². The van der Waals surface area contributed by atoms with Gasteiger partial charge in [0.1, 0.15) is 5.60 Å². The Morgan fingerprint density at radius 1 is 1.36 bits per heavy atom. The number of hydrogen-bond acceptors (Lipinski definition) is 4. The van der Waals surface area contributed by atoms with Crippen LogP contribution in [-0.4, -0.2) is 35.2 Å².